The summed E-state index contributed by atoms with van der Waals surface area (Å²) in [6.07, 6.45) is 8.95. The molecule has 0 aliphatic heterocycles. The molecule has 0 spiro atoms. The molecular formula is C15H31NO. The molecule has 2 heteroatoms. The van der Waals surface area contributed by atoms with Crippen LogP contribution in [0.15, 0.2) is 0 Å². The summed E-state index contributed by atoms with van der Waals surface area (Å²) in [6.45, 7) is 7.25. The quantitative estimate of drug-likeness (QED) is 0.716. The fourth-order valence-electron chi connectivity index (χ4n) is 3.21. The molecule has 0 bridgehead atoms. The average Bonchev–Trinajstić information content (AvgIpc) is 2.26. The minimum absolute atomic E-state index is 0.326. The van der Waals surface area contributed by atoms with E-state index in [4.69, 9.17) is 5.11 Å². The van der Waals surface area contributed by atoms with Crippen molar-refractivity contribution < 1.29 is 5.11 Å². The minimum Gasteiger partial charge on any atom is -0.396 e. The van der Waals surface area contributed by atoms with Crippen LogP contribution in [0.3, 0.4) is 0 Å². The van der Waals surface area contributed by atoms with Gasteiger partial charge in [-0.1, -0.05) is 26.7 Å². The van der Waals surface area contributed by atoms with Gasteiger partial charge in [0.15, 0.2) is 0 Å². The predicted molar refractivity (Wildman–Crippen MR) is 74.1 cm³/mol. The molecule has 1 saturated carbocycles. The van der Waals surface area contributed by atoms with Gasteiger partial charge in [0, 0.05) is 18.7 Å². The van der Waals surface area contributed by atoms with Crippen molar-refractivity contribution >= 4 is 0 Å². The lowest BCUT2D eigenvalue weighted by atomic mass is 9.81. The predicted octanol–water partition coefficient (Wildman–Crippen LogP) is 3.34. The molecule has 1 aliphatic carbocycles. The summed E-state index contributed by atoms with van der Waals surface area (Å²) in [5.41, 5.74) is 0. The summed E-state index contributed by atoms with van der Waals surface area (Å²) >= 11 is 0. The zero-order chi connectivity index (χ0) is 12.7. The molecule has 0 saturated heterocycles. The van der Waals surface area contributed by atoms with Crippen LogP contribution < -0.4 is 5.32 Å². The maximum absolute atomic E-state index is 8.83. The molecule has 0 amide bonds. The number of rotatable bonds is 7. The molecule has 0 radical (unpaired) electrons. The van der Waals surface area contributed by atoms with Gasteiger partial charge in [-0.2, -0.15) is 0 Å². The molecule has 102 valence electrons. The highest BCUT2D eigenvalue weighted by molar-refractivity contribution is 4.80. The van der Waals surface area contributed by atoms with Crippen molar-refractivity contribution in [2.75, 3.05) is 6.61 Å². The van der Waals surface area contributed by atoms with E-state index in [0.29, 0.717) is 12.6 Å². The minimum atomic E-state index is 0.326. The fraction of sp³-hybridized carbons (Fsp3) is 1.00. The van der Waals surface area contributed by atoms with Crippen LogP contribution >= 0.6 is 0 Å². The van der Waals surface area contributed by atoms with E-state index in [1.165, 1.54) is 32.1 Å². The third-order valence-corrected chi connectivity index (χ3v) is 3.90. The number of hydrogen-bond donors (Lipinski definition) is 2. The van der Waals surface area contributed by atoms with Crippen LogP contribution in [-0.2, 0) is 0 Å². The number of aliphatic hydroxyl groups excluding tert-OH is 1. The Balaban J connectivity index is 2.24. The lowest BCUT2D eigenvalue weighted by Crippen LogP contribution is -2.40. The Bertz CT molecular complexity index is 193. The zero-order valence-electron chi connectivity index (χ0n) is 11.9. The first-order chi connectivity index (χ1) is 8.11. The fourth-order valence-corrected chi connectivity index (χ4v) is 3.21. The number of nitrogens with one attached hydrogen (secondary N) is 1. The average molecular weight is 241 g/mol. The molecular weight excluding hydrogens is 210 g/mol. The van der Waals surface area contributed by atoms with E-state index in [1.54, 1.807) is 0 Å². The highest BCUT2D eigenvalue weighted by Gasteiger charge is 2.23. The topological polar surface area (TPSA) is 32.3 Å². The lowest BCUT2D eigenvalue weighted by molar-refractivity contribution is 0.231. The van der Waals surface area contributed by atoms with E-state index < -0.39 is 0 Å². The second-order valence-corrected chi connectivity index (χ2v) is 6.29. The highest BCUT2D eigenvalue weighted by atomic mass is 16.2. The van der Waals surface area contributed by atoms with Crippen molar-refractivity contribution in [3.05, 3.63) is 0 Å². The third kappa shape index (κ3) is 6.42. The maximum Gasteiger partial charge on any atom is 0.0431 e. The smallest absolute Gasteiger partial charge is 0.0431 e. The zero-order valence-corrected chi connectivity index (χ0v) is 11.9. The standard InChI is InChI=1S/C15H31NO/c1-12(2)10-14-7-4-8-15(11-14)16-13(3)6-5-9-17/h12-17H,4-11H2,1-3H3. The first kappa shape index (κ1) is 15.0. The molecule has 2 N–H and O–H groups in total. The summed E-state index contributed by atoms with van der Waals surface area (Å²) < 4.78 is 0. The molecule has 1 fully saturated rings. The van der Waals surface area contributed by atoms with Gasteiger partial charge in [-0.15, -0.1) is 0 Å². The summed E-state index contributed by atoms with van der Waals surface area (Å²) in [5, 5.41) is 12.6. The molecule has 0 aromatic heterocycles. The van der Waals surface area contributed by atoms with Crippen LogP contribution in [0.1, 0.15) is 65.7 Å². The Labute approximate surface area is 107 Å². The summed E-state index contributed by atoms with van der Waals surface area (Å²) in [4.78, 5) is 0. The van der Waals surface area contributed by atoms with E-state index in [-0.39, 0.29) is 0 Å². The van der Waals surface area contributed by atoms with Gasteiger partial charge in [-0.25, -0.2) is 0 Å². The molecule has 17 heavy (non-hydrogen) atoms. The number of hydrogen-bond acceptors (Lipinski definition) is 2. The monoisotopic (exact) mass is 241 g/mol. The van der Waals surface area contributed by atoms with E-state index in [9.17, 15) is 0 Å². The van der Waals surface area contributed by atoms with Crippen LogP contribution in [0.2, 0.25) is 0 Å². The van der Waals surface area contributed by atoms with E-state index in [1.807, 2.05) is 0 Å². The Hall–Kier alpha value is -0.0800. The third-order valence-electron chi connectivity index (χ3n) is 3.90. The van der Waals surface area contributed by atoms with Gasteiger partial charge >= 0.3 is 0 Å². The van der Waals surface area contributed by atoms with Crippen LogP contribution in [0.4, 0.5) is 0 Å². The maximum atomic E-state index is 8.83. The van der Waals surface area contributed by atoms with Crippen LogP contribution in [0.25, 0.3) is 0 Å². The van der Waals surface area contributed by atoms with Gasteiger partial charge in [0.1, 0.15) is 0 Å². The van der Waals surface area contributed by atoms with Crippen LogP contribution in [-0.4, -0.2) is 23.8 Å². The molecule has 2 nitrogen and oxygen atoms in total. The molecule has 1 aliphatic rings. The number of aliphatic hydroxyl groups is 1. The molecule has 3 atom stereocenters. The molecule has 1 rings (SSSR count). The Morgan fingerprint density at radius 1 is 1.24 bits per heavy atom. The molecule has 3 unspecified atom stereocenters. The Kier molecular flexibility index (Phi) is 7.14. The normalized spacial score (nSPS) is 27.4. The first-order valence-electron chi connectivity index (χ1n) is 7.48. The summed E-state index contributed by atoms with van der Waals surface area (Å²) in [5.74, 6) is 1.77. The Morgan fingerprint density at radius 3 is 2.65 bits per heavy atom. The van der Waals surface area contributed by atoms with Crippen molar-refractivity contribution in [1.82, 2.24) is 5.32 Å². The second-order valence-electron chi connectivity index (χ2n) is 6.29. The van der Waals surface area contributed by atoms with E-state index in [2.05, 4.69) is 26.1 Å². The van der Waals surface area contributed by atoms with Gasteiger partial charge < -0.3 is 10.4 Å². The Morgan fingerprint density at radius 2 is 2.00 bits per heavy atom. The SMILES string of the molecule is CC(C)CC1CCCC(NC(C)CCCO)C1. The van der Waals surface area contributed by atoms with Crippen LogP contribution in [0.5, 0.6) is 0 Å². The van der Waals surface area contributed by atoms with Crippen molar-refractivity contribution in [2.24, 2.45) is 11.8 Å². The lowest BCUT2D eigenvalue weighted by Gasteiger charge is -2.32. The second kappa shape index (κ2) is 8.10. The summed E-state index contributed by atoms with van der Waals surface area (Å²) in [7, 11) is 0. The van der Waals surface area contributed by atoms with Crippen molar-refractivity contribution in [3.8, 4) is 0 Å². The van der Waals surface area contributed by atoms with Crippen molar-refractivity contribution in [1.29, 1.82) is 0 Å². The van der Waals surface area contributed by atoms with E-state index in [0.717, 1.165) is 30.7 Å². The first-order valence-corrected chi connectivity index (χ1v) is 7.48. The molecule has 0 aromatic carbocycles. The highest BCUT2D eigenvalue weighted by Crippen LogP contribution is 2.29. The summed E-state index contributed by atoms with van der Waals surface area (Å²) in [6, 6.07) is 1.28. The molecule has 0 aromatic rings. The van der Waals surface area contributed by atoms with Crippen molar-refractivity contribution in [2.45, 2.75) is 77.8 Å². The van der Waals surface area contributed by atoms with Gasteiger partial charge in [0.2, 0.25) is 0 Å². The van der Waals surface area contributed by atoms with Gasteiger partial charge in [0.05, 0.1) is 0 Å². The van der Waals surface area contributed by atoms with Crippen molar-refractivity contribution in [3.63, 3.8) is 0 Å². The van der Waals surface area contributed by atoms with Gasteiger partial charge in [-0.05, 0) is 50.9 Å². The van der Waals surface area contributed by atoms with Gasteiger partial charge in [-0.3, -0.25) is 0 Å². The van der Waals surface area contributed by atoms with Crippen LogP contribution in [0, 0.1) is 11.8 Å². The molecule has 0 heterocycles. The largest absolute Gasteiger partial charge is 0.396 e. The van der Waals surface area contributed by atoms with Gasteiger partial charge in [0.25, 0.3) is 0 Å². The van der Waals surface area contributed by atoms with E-state index >= 15 is 0 Å².